The monoisotopic (exact) mass is 264 g/mol. The van der Waals surface area contributed by atoms with E-state index in [1.165, 1.54) is 12.8 Å². The van der Waals surface area contributed by atoms with Crippen molar-refractivity contribution in [2.45, 2.75) is 38.6 Å². The van der Waals surface area contributed by atoms with Gasteiger partial charge in [0, 0.05) is 25.8 Å². The van der Waals surface area contributed by atoms with Crippen molar-refractivity contribution in [2.24, 2.45) is 18.7 Å². The zero-order chi connectivity index (χ0) is 13.8. The van der Waals surface area contributed by atoms with Crippen molar-refractivity contribution in [3.63, 3.8) is 0 Å². The molecule has 1 aromatic heterocycles. The van der Waals surface area contributed by atoms with E-state index in [4.69, 9.17) is 5.73 Å². The molecule has 0 aromatic carbocycles. The van der Waals surface area contributed by atoms with Crippen molar-refractivity contribution in [3.8, 4) is 0 Å². The van der Waals surface area contributed by atoms with Crippen LogP contribution in [0.5, 0.6) is 0 Å². The molecule has 5 nitrogen and oxygen atoms in total. The molecule has 2 atom stereocenters. The van der Waals surface area contributed by atoms with Gasteiger partial charge in [-0.15, -0.1) is 0 Å². The number of carbonyl (C=O) groups is 1. The van der Waals surface area contributed by atoms with Gasteiger partial charge in [0.2, 0.25) is 0 Å². The molecule has 2 rings (SSSR count). The molecule has 0 bridgehead atoms. The Labute approximate surface area is 114 Å². The molecule has 1 aliphatic rings. The molecule has 2 N–H and O–H groups in total. The van der Waals surface area contributed by atoms with Crippen molar-refractivity contribution in [1.29, 1.82) is 0 Å². The maximum Gasteiger partial charge on any atom is 0.274 e. The van der Waals surface area contributed by atoms with Crippen LogP contribution in [0.25, 0.3) is 0 Å². The first-order valence-electron chi connectivity index (χ1n) is 7.16. The predicted molar refractivity (Wildman–Crippen MR) is 74.7 cm³/mol. The van der Waals surface area contributed by atoms with E-state index in [-0.39, 0.29) is 11.9 Å². The van der Waals surface area contributed by atoms with Gasteiger partial charge in [-0.2, -0.15) is 0 Å². The van der Waals surface area contributed by atoms with Gasteiger partial charge in [-0.25, -0.2) is 4.98 Å². The van der Waals surface area contributed by atoms with E-state index in [9.17, 15) is 4.79 Å². The summed E-state index contributed by atoms with van der Waals surface area (Å²) in [5, 5.41) is 0. The van der Waals surface area contributed by atoms with Crippen LogP contribution in [-0.4, -0.2) is 39.5 Å². The van der Waals surface area contributed by atoms with E-state index < -0.39 is 0 Å². The number of hydrogen-bond donors (Lipinski definition) is 1. The third-order valence-electron chi connectivity index (χ3n) is 4.10. The highest BCUT2D eigenvalue weighted by atomic mass is 16.2. The quantitative estimate of drug-likeness (QED) is 0.894. The Morgan fingerprint density at radius 2 is 2.26 bits per heavy atom. The Balaban J connectivity index is 2.16. The number of amides is 1. The number of imidazole rings is 1. The van der Waals surface area contributed by atoms with Gasteiger partial charge < -0.3 is 15.2 Å². The molecular weight excluding hydrogens is 240 g/mol. The zero-order valence-electron chi connectivity index (χ0n) is 11.9. The fourth-order valence-electron chi connectivity index (χ4n) is 3.07. The second-order valence-electron chi connectivity index (χ2n) is 5.36. The third-order valence-corrected chi connectivity index (χ3v) is 4.10. The van der Waals surface area contributed by atoms with Gasteiger partial charge in [0.1, 0.15) is 5.69 Å². The first-order chi connectivity index (χ1) is 9.17. The van der Waals surface area contributed by atoms with Crippen LogP contribution in [0.4, 0.5) is 0 Å². The van der Waals surface area contributed by atoms with E-state index >= 15 is 0 Å². The second-order valence-corrected chi connectivity index (χ2v) is 5.36. The highest BCUT2D eigenvalue weighted by Gasteiger charge is 2.32. The minimum atomic E-state index is 0.0356. The van der Waals surface area contributed by atoms with Crippen LogP contribution in [0.3, 0.4) is 0 Å². The number of aromatic nitrogens is 2. The molecule has 2 unspecified atom stereocenters. The fourth-order valence-corrected chi connectivity index (χ4v) is 3.07. The largest absolute Gasteiger partial charge is 0.340 e. The second kappa shape index (κ2) is 6.19. The average molecular weight is 264 g/mol. The molecule has 19 heavy (non-hydrogen) atoms. The van der Waals surface area contributed by atoms with Gasteiger partial charge in [-0.05, 0) is 32.2 Å². The molecule has 106 valence electrons. The summed E-state index contributed by atoms with van der Waals surface area (Å²) in [7, 11) is 1.88. The number of rotatable bonds is 4. The van der Waals surface area contributed by atoms with Crippen molar-refractivity contribution in [2.75, 3.05) is 13.1 Å². The Kier molecular flexibility index (Phi) is 4.58. The van der Waals surface area contributed by atoms with Gasteiger partial charge in [0.25, 0.3) is 5.91 Å². The lowest BCUT2D eigenvalue weighted by atomic mass is 9.83. The average Bonchev–Trinajstić information content (AvgIpc) is 2.86. The smallest absolute Gasteiger partial charge is 0.274 e. The molecule has 0 aliphatic heterocycles. The molecule has 0 radical (unpaired) electrons. The minimum Gasteiger partial charge on any atom is -0.340 e. The topological polar surface area (TPSA) is 64.2 Å². The maximum atomic E-state index is 12.6. The number of hydrogen-bond acceptors (Lipinski definition) is 3. The number of nitrogens with two attached hydrogens (primary N) is 1. The van der Waals surface area contributed by atoms with Crippen LogP contribution < -0.4 is 5.73 Å². The van der Waals surface area contributed by atoms with Crippen LogP contribution in [0.2, 0.25) is 0 Å². The summed E-state index contributed by atoms with van der Waals surface area (Å²) in [6.07, 6.45) is 8.07. The highest BCUT2D eigenvalue weighted by Crippen LogP contribution is 2.28. The van der Waals surface area contributed by atoms with Gasteiger partial charge in [-0.1, -0.05) is 12.8 Å². The van der Waals surface area contributed by atoms with Crippen molar-refractivity contribution >= 4 is 5.91 Å². The highest BCUT2D eigenvalue weighted by molar-refractivity contribution is 5.92. The van der Waals surface area contributed by atoms with Gasteiger partial charge in [-0.3, -0.25) is 4.79 Å². The lowest BCUT2D eigenvalue weighted by Gasteiger charge is -2.38. The summed E-state index contributed by atoms with van der Waals surface area (Å²) in [6, 6.07) is 0.276. The summed E-state index contributed by atoms with van der Waals surface area (Å²) in [4.78, 5) is 18.7. The van der Waals surface area contributed by atoms with E-state index in [2.05, 4.69) is 4.98 Å². The first-order valence-corrected chi connectivity index (χ1v) is 7.16. The fraction of sp³-hybridized carbons (Fsp3) is 0.714. The Morgan fingerprint density at radius 3 is 2.84 bits per heavy atom. The summed E-state index contributed by atoms with van der Waals surface area (Å²) in [6.45, 7) is 3.41. The lowest BCUT2D eigenvalue weighted by Crippen LogP contribution is -2.48. The molecule has 1 aromatic rings. The molecular formula is C14H24N4O. The Hall–Kier alpha value is -1.36. The van der Waals surface area contributed by atoms with Crippen LogP contribution >= 0.6 is 0 Å². The number of nitrogens with zero attached hydrogens (tertiary/aromatic N) is 3. The first kappa shape index (κ1) is 14.1. The van der Waals surface area contributed by atoms with Crippen molar-refractivity contribution in [1.82, 2.24) is 14.5 Å². The third kappa shape index (κ3) is 2.97. The summed E-state index contributed by atoms with van der Waals surface area (Å²) >= 11 is 0. The summed E-state index contributed by atoms with van der Waals surface area (Å²) in [5.74, 6) is 0.467. The number of aryl methyl sites for hydroxylation is 1. The van der Waals surface area contributed by atoms with Crippen LogP contribution in [-0.2, 0) is 7.05 Å². The SMILES string of the molecule is CCN(C(=O)c1cn(C)cn1)C1CCCCC1CN. The molecule has 0 spiro atoms. The molecule has 1 fully saturated rings. The van der Waals surface area contributed by atoms with Gasteiger partial charge in [0.05, 0.1) is 6.33 Å². The molecule has 0 saturated heterocycles. The standard InChI is InChI=1S/C14H24N4O/c1-3-18(13-7-5-4-6-11(13)8-15)14(19)12-9-17(2)10-16-12/h9-11,13H,3-8,15H2,1-2H3. The number of carbonyl (C=O) groups excluding carboxylic acids is 1. The van der Waals surface area contributed by atoms with Crippen molar-refractivity contribution in [3.05, 3.63) is 18.2 Å². The Bertz CT molecular complexity index is 429. The van der Waals surface area contributed by atoms with E-state index in [1.54, 1.807) is 12.5 Å². The zero-order valence-corrected chi connectivity index (χ0v) is 11.9. The summed E-state index contributed by atoms with van der Waals surface area (Å²) < 4.78 is 1.81. The normalized spacial score (nSPS) is 23.3. The molecule has 5 heteroatoms. The van der Waals surface area contributed by atoms with Gasteiger partial charge in [0.15, 0.2) is 0 Å². The molecule has 1 heterocycles. The lowest BCUT2D eigenvalue weighted by molar-refractivity contribution is 0.0554. The van der Waals surface area contributed by atoms with E-state index in [0.29, 0.717) is 18.2 Å². The summed E-state index contributed by atoms with van der Waals surface area (Å²) in [5.41, 5.74) is 6.40. The van der Waals surface area contributed by atoms with Crippen LogP contribution in [0.15, 0.2) is 12.5 Å². The maximum absolute atomic E-state index is 12.6. The van der Waals surface area contributed by atoms with E-state index in [0.717, 1.165) is 19.4 Å². The molecule has 1 saturated carbocycles. The van der Waals surface area contributed by atoms with Crippen molar-refractivity contribution < 1.29 is 4.79 Å². The van der Waals surface area contributed by atoms with Crippen LogP contribution in [0.1, 0.15) is 43.1 Å². The van der Waals surface area contributed by atoms with Gasteiger partial charge >= 0.3 is 0 Å². The predicted octanol–water partition coefficient (Wildman–Crippen LogP) is 1.40. The van der Waals surface area contributed by atoms with Crippen LogP contribution in [0, 0.1) is 5.92 Å². The Morgan fingerprint density at radius 1 is 1.53 bits per heavy atom. The van der Waals surface area contributed by atoms with E-state index in [1.807, 2.05) is 23.4 Å². The molecule has 1 amide bonds. The minimum absolute atomic E-state index is 0.0356. The molecule has 1 aliphatic carbocycles.